The Labute approximate surface area is 170 Å². The number of hydrogen-bond acceptors (Lipinski definition) is 3. The molecule has 162 valence electrons. The minimum Gasteiger partial charge on any atom is -0.318 e. The zero-order valence-corrected chi connectivity index (χ0v) is 17.1. The van der Waals surface area contributed by atoms with Crippen molar-refractivity contribution in [2.75, 3.05) is 5.32 Å². The molecule has 0 bridgehead atoms. The van der Waals surface area contributed by atoms with Gasteiger partial charge in [-0.3, -0.25) is 9.59 Å². The summed E-state index contributed by atoms with van der Waals surface area (Å²) in [4.78, 5) is 22.9. The monoisotopic (exact) mass is 413 g/mol. The molecule has 0 aliphatic carbocycles. The third kappa shape index (κ3) is 10.7. The summed E-state index contributed by atoms with van der Waals surface area (Å²) >= 11 is 0. The first-order chi connectivity index (χ1) is 13.7. The number of rotatable bonds is 12. The van der Waals surface area contributed by atoms with E-state index in [2.05, 4.69) is 17.5 Å². The predicted octanol–water partition coefficient (Wildman–Crippen LogP) is 5.56. The number of alkyl halides is 3. The fraction of sp³-hybridized carbons (Fsp3) is 0.571. The number of amides is 2. The number of unbranched alkanes of at least 4 members (excludes halogenated alkanes) is 7. The SMILES string of the molecule is CCCCCCCCCCC(=O)NN=C(C)c1cccc(NC(=O)C(F)(F)F)c1. The highest BCUT2D eigenvalue weighted by molar-refractivity contribution is 6.01. The Morgan fingerprint density at radius 1 is 1.00 bits per heavy atom. The van der Waals surface area contributed by atoms with Crippen molar-refractivity contribution >= 4 is 23.2 Å². The zero-order chi connectivity index (χ0) is 21.7. The first kappa shape index (κ1) is 24.7. The second-order valence-corrected chi connectivity index (χ2v) is 6.99. The average molecular weight is 413 g/mol. The van der Waals surface area contributed by atoms with E-state index in [4.69, 9.17) is 0 Å². The molecule has 0 atom stereocenters. The van der Waals surface area contributed by atoms with Gasteiger partial charge in [-0.15, -0.1) is 0 Å². The lowest BCUT2D eigenvalue weighted by Crippen LogP contribution is -2.29. The van der Waals surface area contributed by atoms with Gasteiger partial charge in [0, 0.05) is 12.1 Å². The fourth-order valence-corrected chi connectivity index (χ4v) is 2.71. The minimum absolute atomic E-state index is 0.00429. The molecule has 2 N–H and O–H groups in total. The van der Waals surface area contributed by atoms with E-state index in [0.29, 0.717) is 17.7 Å². The van der Waals surface area contributed by atoms with Crippen molar-refractivity contribution in [3.63, 3.8) is 0 Å². The molecule has 1 rings (SSSR count). The molecule has 29 heavy (non-hydrogen) atoms. The molecular formula is C21H30F3N3O2. The highest BCUT2D eigenvalue weighted by Gasteiger charge is 2.38. The van der Waals surface area contributed by atoms with Crippen molar-refractivity contribution in [3.05, 3.63) is 29.8 Å². The van der Waals surface area contributed by atoms with Crippen molar-refractivity contribution in [3.8, 4) is 0 Å². The normalized spacial score (nSPS) is 12.0. The Hall–Kier alpha value is -2.38. The fourth-order valence-electron chi connectivity index (χ4n) is 2.71. The van der Waals surface area contributed by atoms with Crippen LogP contribution in [0.4, 0.5) is 18.9 Å². The maximum Gasteiger partial charge on any atom is 0.471 e. The van der Waals surface area contributed by atoms with E-state index < -0.39 is 12.1 Å². The molecule has 0 aromatic heterocycles. The van der Waals surface area contributed by atoms with Crippen LogP contribution in [0.15, 0.2) is 29.4 Å². The Morgan fingerprint density at radius 2 is 1.62 bits per heavy atom. The van der Waals surface area contributed by atoms with Gasteiger partial charge in [-0.05, 0) is 31.0 Å². The van der Waals surface area contributed by atoms with Crippen molar-refractivity contribution < 1.29 is 22.8 Å². The molecule has 0 heterocycles. The molecule has 0 saturated heterocycles. The zero-order valence-electron chi connectivity index (χ0n) is 17.1. The van der Waals surface area contributed by atoms with E-state index in [9.17, 15) is 22.8 Å². The van der Waals surface area contributed by atoms with Gasteiger partial charge in [0.05, 0.1) is 5.71 Å². The van der Waals surface area contributed by atoms with Crippen LogP contribution < -0.4 is 10.7 Å². The van der Waals surface area contributed by atoms with E-state index in [-0.39, 0.29) is 11.6 Å². The highest BCUT2D eigenvalue weighted by atomic mass is 19.4. The largest absolute Gasteiger partial charge is 0.471 e. The lowest BCUT2D eigenvalue weighted by Gasteiger charge is -2.09. The van der Waals surface area contributed by atoms with Crippen molar-refractivity contribution in [2.45, 2.75) is 77.8 Å². The quantitative estimate of drug-likeness (QED) is 0.268. The molecule has 0 aliphatic rings. The molecular weight excluding hydrogens is 383 g/mol. The summed E-state index contributed by atoms with van der Waals surface area (Å²) in [6, 6.07) is 5.85. The smallest absolute Gasteiger partial charge is 0.318 e. The lowest BCUT2D eigenvalue weighted by atomic mass is 10.1. The Morgan fingerprint density at radius 3 is 2.24 bits per heavy atom. The predicted molar refractivity (Wildman–Crippen MR) is 109 cm³/mol. The van der Waals surface area contributed by atoms with Gasteiger partial charge in [-0.25, -0.2) is 5.43 Å². The van der Waals surface area contributed by atoms with Gasteiger partial charge in [0.1, 0.15) is 0 Å². The van der Waals surface area contributed by atoms with Gasteiger partial charge >= 0.3 is 12.1 Å². The Balaban J connectivity index is 2.40. The number of halogens is 3. The van der Waals surface area contributed by atoms with E-state index in [1.165, 1.54) is 50.3 Å². The number of hydrazone groups is 1. The Kier molecular flexibility index (Phi) is 11.0. The number of nitrogens with zero attached hydrogens (tertiary/aromatic N) is 1. The molecule has 0 unspecified atom stereocenters. The summed E-state index contributed by atoms with van der Waals surface area (Å²) in [5.41, 5.74) is 3.40. The van der Waals surface area contributed by atoms with Crippen LogP contribution in [-0.4, -0.2) is 23.7 Å². The summed E-state index contributed by atoms with van der Waals surface area (Å²) in [6.07, 6.45) is 4.56. The van der Waals surface area contributed by atoms with Crippen LogP contribution in [-0.2, 0) is 9.59 Å². The molecule has 0 fully saturated rings. The van der Waals surface area contributed by atoms with Crippen LogP contribution in [0.1, 0.15) is 77.2 Å². The number of benzene rings is 1. The lowest BCUT2D eigenvalue weighted by molar-refractivity contribution is -0.167. The maximum atomic E-state index is 12.3. The van der Waals surface area contributed by atoms with Gasteiger partial charge in [0.25, 0.3) is 0 Å². The van der Waals surface area contributed by atoms with Gasteiger partial charge in [0.15, 0.2) is 0 Å². The summed E-state index contributed by atoms with van der Waals surface area (Å²) in [5, 5.41) is 5.79. The first-order valence-electron chi connectivity index (χ1n) is 10.1. The number of nitrogens with one attached hydrogen (secondary N) is 2. The summed E-state index contributed by atoms with van der Waals surface area (Å²) in [7, 11) is 0. The number of anilines is 1. The third-order valence-corrected chi connectivity index (χ3v) is 4.40. The number of carbonyl (C=O) groups excluding carboxylic acids is 2. The van der Waals surface area contributed by atoms with Crippen LogP contribution in [0.3, 0.4) is 0 Å². The molecule has 5 nitrogen and oxygen atoms in total. The van der Waals surface area contributed by atoms with E-state index in [1.54, 1.807) is 18.3 Å². The van der Waals surface area contributed by atoms with Crippen molar-refractivity contribution in [1.82, 2.24) is 5.43 Å². The van der Waals surface area contributed by atoms with Gasteiger partial charge in [0.2, 0.25) is 5.91 Å². The summed E-state index contributed by atoms with van der Waals surface area (Å²) < 4.78 is 37.0. The van der Waals surface area contributed by atoms with Crippen LogP contribution in [0, 0.1) is 0 Å². The van der Waals surface area contributed by atoms with Crippen molar-refractivity contribution in [1.29, 1.82) is 0 Å². The molecule has 1 aromatic rings. The average Bonchev–Trinajstić information content (AvgIpc) is 2.67. The molecule has 8 heteroatoms. The number of hydrogen-bond donors (Lipinski definition) is 2. The van der Waals surface area contributed by atoms with Crippen molar-refractivity contribution in [2.24, 2.45) is 5.10 Å². The molecule has 0 saturated carbocycles. The maximum absolute atomic E-state index is 12.3. The second kappa shape index (κ2) is 13.0. The third-order valence-electron chi connectivity index (χ3n) is 4.40. The van der Waals surface area contributed by atoms with E-state index >= 15 is 0 Å². The van der Waals surface area contributed by atoms with Crippen LogP contribution in [0.2, 0.25) is 0 Å². The molecule has 0 aliphatic heterocycles. The second-order valence-electron chi connectivity index (χ2n) is 6.99. The topological polar surface area (TPSA) is 70.6 Å². The standard InChI is InChI=1S/C21H30F3N3O2/c1-3-4-5-6-7-8-9-10-14-19(28)27-26-16(2)17-12-11-13-18(15-17)25-20(29)21(22,23)24/h11-13,15H,3-10,14H2,1-2H3,(H,25,29)(H,27,28). The molecule has 1 aromatic carbocycles. The first-order valence-corrected chi connectivity index (χ1v) is 10.1. The number of carbonyl (C=O) groups is 2. The molecule has 0 radical (unpaired) electrons. The minimum atomic E-state index is -4.96. The highest BCUT2D eigenvalue weighted by Crippen LogP contribution is 2.19. The summed E-state index contributed by atoms with van der Waals surface area (Å²) in [5.74, 6) is -2.24. The summed E-state index contributed by atoms with van der Waals surface area (Å²) in [6.45, 7) is 3.81. The Bertz CT molecular complexity index is 688. The van der Waals surface area contributed by atoms with Gasteiger partial charge in [-0.1, -0.05) is 64.0 Å². The van der Waals surface area contributed by atoms with Crippen LogP contribution in [0.25, 0.3) is 0 Å². The molecule has 0 spiro atoms. The van der Waals surface area contributed by atoms with Crippen LogP contribution >= 0.6 is 0 Å². The van der Waals surface area contributed by atoms with Crippen LogP contribution in [0.5, 0.6) is 0 Å². The molecule has 2 amide bonds. The van der Waals surface area contributed by atoms with Gasteiger partial charge < -0.3 is 5.32 Å². The van der Waals surface area contributed by atoms with E-state index in [1.807, 2.05) is 0 Å². The van der Waals surface area contributed by atoms with Gasteiger partial charge in [-0.2, -0.15) is 18.3 Å². The van der Waals surface area contributed by atoms with E-state index in [0.717, 1.165) is 19.3 Å².